The number of rotatable bonds is 7. The van der Waals surface area contributed by atoms with Gasteiger partial charge in [-0.3, -0.25) is 0 Å². The highest BCUT2D eigenvalue weighted by atomic mass is 19.4. The van der Waals surface area contributed by atoms with Crippen LogP contribution in [0.2, 0.25) is 0 Å². The number of carboxylic acid groups (broad SMARTS) is 1. The van der Waals surface area contributed by atoms with Crippen molar-refractivity contribution < 1.29 is 37.3 Å². The molecule has 1 heterocycles. The maximum atomic E-state index is 12.3. The van der Waals surface area contributed by atoms with Gasteiger partial charge >= 0.3 is 12.3 Å². The lowest BCUT2D eigenvalue weighted by atomic mass is 10.2. The van der Waals surface area contributed by atoms with Gasteiger partial charge in [-0.1, -0.05) is 0 Å². The lowest BCUT2D eigenvalue weighted by Gasteiger charge is -2.13. The van der Waals surface area contributed by atoms with Crippen molar-refractivity contribution in [1.29, 1.82) is 0 Å². The van der Waals surface area contributed by atoms with E-state index >= 15 is 0 Å². The van der Waals surface area contributed by atoms with Gasteiger partial charge in [0, 0.05) is 17.1 Å². The molecule has 0 aliphatic heterocycles. The molecule has 1 aromatic heterocycles. The van der Waals surface area contributed by atoms with E-state index in [9.17, 15) is 23.1 Å². The minimum atomic E-state index is -4.78. The zero-order valence-corrected chi connectivity index (χ0v) is 18.2. The zero-order valence-electron chi connectivity index (χ0n) is 18.2. The molecule has 4 rings (SSSR count). The number of alkyl halides is 3. The van der Waals surface area contributed by atoms with E-state index in [-0.39, 0.29) is 17.5 Å². The van der Waals surface area contributed by atoms with Crippen molar-refractivity contribution in [1.82, 2.24) is 4.57 Å². The number of carboxylic acids is 1. The minimum absolute atomic E-state index is 0.00152. The summed E-state index contributed by atoms with van der Waals surface area (Å²) in [6.07, 6.45) is -4.78. The highest BCUT2D eigenvalue weighted by Gasteiger charge is 2.31. The van der Waals surface area contributed by atoms with Gasteiger partial charge in [0.25, 0.3) is 0 Å². The summed E-state index contributed by atoms with van der Waals surface area (Å²) in [6, 6.07) is 18.6. The summed E-state index contributed by atoms with van der Waals surface area (Å²) in [5.74, 6) is -0.121. The van der Waals surface area contributed by atoms with Crippen molar-refractivity contribution in [2.45, 2.75) is 26.3 Å². The van der Waals surface area contributed by atoms with E-state index in [0.29, 0.717) is 33.8 Å². The van der Waals surface area contributed by atoms with Crippen LogP contribution in [0.5, 0.6) is 23.0 Å². The van der Waals surface area contributed by atoms with Crippen molar-refractivity contribution in [2.24, 2.45) is 0 Å². The molecule has 0 radical (unpaired) electrons. The molecule has 3 aromatic carbocycles. The Balaban J connectivity index is 1.67. The van der Waals surface area contributed by atoms with Gasteiger partial charge in [0.2, 0.25) is 0 Å². The minimum Gasteiger partial charge on any atom is -0.491 e. The monoisotopic (exact) mass is 471 g/mol. The second-order valence-electron chi connectivity index (χ2n) is 7.67. The number of halogens is 3. The van der Waals surface area contributed by atoms with Gasteiger partial charge in [0.05, 0.1) is 11.6 Å². The molecule has 0 amide bonds. The quantitative estimate of drug-likeness (QED) is 0.321. The normalized spacial score (nSPS) is 11.6. The summed E-state index contributed by atoms with van der Waals surface area (Å²) in [6.45, 7) is 3.82. The van der Waals surface area contributed by atoms with Gasteiger partial charge in [-0.25, -0.2) is 4.79 Å². The molecule has 0 aliphatic carbocycles. The third kappa shape index (κ3) is 5.25. The van der Waals surface area contributed by atoms with E-state index in [2.05, 4.69) is 4.74 Å². The van der Waals surface area contributed by atoms with E-state index in [1.165, 1.54) is 12.1 Å². The maximum absolute atomic E-state index is 12.3. The number of fused-ring (bicyclic) bond motifs is 1. The van der Waals surface area contributed by atoms with Gasteiger partial charge in [-0.15, -0.1) is 13.2 Å². The van der Waals surface area contributed by atoms with Crippen LogP contribution in [0, 0.1) is 0 Å². The van der Waals surface area contributed by atoms with E-state index in [4.69, 9.17) is 9.47 Å². The Morgan fingerprint density at radius 1 is 0.853 bits per heavy atom. The van der Waals surface area contributed by atoms with E-state index in [1.54, 1.807) is 53.1 Å². The number of carbonyl (C=O) groups is 1. The highest BCUT2D eigenvalue weighted by Crippen LogP contribution is 2.32. The smallest absolute Gasteiger partial charge is 0.491 e. The number of hydrogen-bond donors (Lipinski definition) is 1. The number of aromatic nitrogens is 1. The van der Waals surface area contributed by atoms with Crippen LogP contribution in [0.25, 0.3) is 16.6 Å². The third-order valence-electron chi connectivity index (χ3n) is 4.75. The number of ether oxygens (including phenoxy) is 3. The van der Waals surface area contributed by atoms with Crippen molar-refractivity contribution in [3.05, 3.63) is 78.5 Å². The number of nitrogens with zero attached hydrogens (tertiary/aromatic N) is 1. The van der Waals surface area contributed by atoms with Gasteiger partial charge < -0.3 is 23.9 Å². The fourth-order valence-electron chi connectivity index (χ4n) is 3.47. The van der Waals surface area contributed by atoms with Crippen LogP contribution in [0.4, 0.5) is 13.2 Å². The van der Waals surface area contributed by atoms with Crippen LogP contribution in [0.1, 0.15) is 24.3 Å². The van der Waals surface area contributed by atoms with Crippen molar-refractivity contribution in [2.75, 3.05) is 0 Å². The zero-order chi connectivity index (χ0) is 24.5. The SMILES string of the molecule is CC(C)Oc1ccc(-n2c(C(=O)O)cc3ccc(Oc4ccc(OC(F)(F)F)cc4)cc32)cc1. The largest absolute Gasteiger partial charge is 0.573 e. The molecule has 0 atom stereocenters. The number of aromatic carboxylic acids is 1. The fourth-order valence-corrected chi connectivity index (χ4v) is 3.47. The fraction of sp³-hybridized carbons (Fsp3) is 0.160. The lowest BCUT2D eigenvalue weighted by Crippen LogP contribution is -2.16. The Bertz CT molecular complexity index is 1310. The van der Waals surface area contributed by atoms with Crippen molar-refractivity contribution in [3.63, 3.8) is 0 Å². The standard InChI is InChI=1S/C25H20F3NO5/c1-15(2)32-18-7-4-17(5-8-18)29-22-14-21(6-3-16(22)13-23(29)24(30)31)33-19-9-11-20(12-10-19)34-25(26,27)28/h3-15H,1-2H3,(H,30,31). The van der Waals surface area contributed by atoms with Crippen LogP contribution in [0.3, 0.4) is 0 Å². The Hall–Kier alpha value is -4.14. The van der Waals surface area contributed by atoms with Crippen LogP contribution < -0.4 is 14.2 Å². The third-order valence-corrected chi connectivity index (χ3v) is 4.75. The maximum Gasteiger partial charge on any atom is 0.573 e. The summed E-state index contributed by atoms with van der Waals surface area (Å²) < 4.78 is 53.9. The topological polar surface area (TPSA) is 69.9 Å². The highest BCUT2D eigenvalue weighted by molar-refractivity contribution is 5.96. The first-order valence-corrected chi connectivity index (χ1v) is 10.3. The Morgan fingerprint density at radius 2 is 1.44 bits per heavy atom. The van der Waals surface area contributed by atoms with Gasteiger partial charge in [-0.05, 0) is 80.6 Å². The molecule has 0 saturated heterocycles. The molecule has 0 saturated carbocycles. The molecule has 0 spiro atoms. The van der Waals surface area contributed by atoms with Gasteiger partial charge in [0.15, 0.2) is 0 Å². The predicted molar refractivity (Wildman–Crippen MR) is 119 cm³/mol. The Kier molecular flexibility index (Phi) is 6.10. The van der Waals surface area contributed by atoms with Crippen LogP contribution in [0.15, 0.2) is 72.8 Å². The summed E-state index contributed by atoms with van der Waals surface area (Å²) >= 11 is 0. The second kappa shape index (κ2) is 9.01. The molecule has 176 valence electrons. The molecule has 0 fully saturated rings. The summed E-state index contributed by atoms with van der Waals surface area (Å²) in [4.78, 5) is 11.9. The van der Waals surface area contributed by atoms with Crippen molar-refractivity contribution in [3.8, 4) is 28.7 Å². The molecule has 1 N–H and O–H groups in total. The molecule has 4 aromatic rings. The van der Waals surface area contributed by atoms with Crippen LogP contribution in [-0.4, -0.2) is 28.1 Å². The average molecular weight is 471 g/mol. The first-order chi connectivity index (χ1) is 16.1. The van der Waals surface area contributed by atoms with Gasteiger partial charge in [0.1, 0.15) is 28.7 Å². The van der Waals surface area contributed by atoms with Crippen LogP contribution in [-0.2, 0) is 0 Å². The predicted octanol–water partition coefficient (Wildman–Crippen LogP) is 6.81. The average Bonchev–Trinajstić information content (AvgIpc) is 3.13. The molecule has 9 heteroatoms. The lowest BCUT2D eigenvalue weighted by molar-refractivity contribution is -0.274. The summed E-state index contributed by atoms with van der Waals surface area (Å²) in [5.41, 5.74) is 1.28. The summed E-state index contributed by atoms with van der Waals surface area (Å²) in [7, 11) is 0. The molecule has 34 heavy (non-hydrogen) atoms. The molecular formula is C25H20F3NO5. The second-order valence-corrected chi connectivity index (χ2v) is 7.67. The van der Waals surface area contributed by atoms with E-state index < -0.39 is 12.3 Å². The Morgan fingerprint density at radius 3 is 2.03 bits per heavy atom. The molecule has 0 aliphatic rings. The Labute approximate surface area is 192 Å². The molecule has 6 nitrogen and oxygen atoms in total. The first kappa shape index (κ1) is 23.0. The molecular weight excluding hydrogens is 451 g/mol. The van der Waals surface area contributed by atoms with Gasteiger partial charge in [-0.2, -0.15) is 0 Å². The summed E-state index contributed by atoms with van der Waals surface area (Å²) in [5, 5.41) is 10.4. The number of hydrogen-bond acceptors (Lipinski definition) is 4. The van der Waals surface area contributed by atoms with Crippen molar-refractivity contribution >= 4 is 16.9 Å². The first-order valence-electron chi connectivity index (χ1n) is 10.3. The number of benzene rings is 3. The molecule has 0 bridgehead atoms. The van der Waals surface area contributed by atoms with E-state index in [1.807, 2.05) is 13.8 Å². The van der Waals surface area contributed by atoms with Crippen LogP contribution >= 0.6 is 0 Å². The van der Waals surface area contributed by atoms with E-state index in [0.717, 1.165) is 12.1 Å². The molecule has 0 unspecified atom stereocenters.